The maximum atomic E-state index is 12.5. The lowest BCUT2D eigenvalue weighted by Crippen LogP contribution is -2.44. The number of nitrogens with one attached hydrogen (secondary N) is 2. The molecule has 12 nitrogen and oxygen atoms in total. The number of hydrogen-bond acceptors (Lipinski definition) is 11. The molecule has 12 heteroatoms. The number of nitrogens with zero attached hydrogens (tertiary/aromatic N) is 5. The van der Waals surface area contributed by atoms with E-state index < -0.39 is 5.97 Å². The van der Waals surface area contributed by atoms with E-state index in [1.165, 1.54) is 13.3 Å². The molecule has 166 valence electrons. The number of methoxy groups -OCH3 is 1. The van der Waals surface area contributed by atoms with Crippen molar-refractivity contribution in [3.63, 3.8) is 0 Å². The number of hydrogen-bond donors (Lipinski definition) is 2. The minimum absolute atomic E-state index is 0.146. The Hall–Kier alpha value is -3.51. The van der Waals surface area contributed by atoms with E-state index in [0.717, 1.165) is 23.8 Å². The Balaban J connectivity index is 1.47. The zero-order chi connectivity index (χ0) is 21.9. The summed E-state index contributed by atoms with van der Waals surface area (Å²) in [5.41, 5.74) is 4.11. The van der Waals surface area contributed by atoms with Gasteiger partial charge in [0.1, 0.15) is 12.4 Å². The highest BCUT2D eigenvalue weighted by Crippen LogP contribution is 2.06. The SMILES string of the molecule is COCCOC(=O)CN1N=NC=C(NC(=O)c2ccc(C=NN3CCOCC3)cc2)N1. The first-order valence-electron chi connectivity index (χ1n) is 9.72. The van der Waals surface area contributed by atoms with Crippen molar-refractivity contribution in [1.29, 1.82) is 0 Å². The fraction of sp³-hybridized carbons (Fsp3) is 0.421. The third-order valence-corrected chi connectivity index (χ3v) is 4.20. The van der Waals surface area contributed by atoms with Crippen LogP contribution in [-0.2, 0) is 19.0 Å². The zero-order valence-electron chi connectivity index (χ0n) is 17.2. The van der Waals surface area contributed by atoms with Crippen molar-refractivity contribution in [3.8, 4) is 0 Å². The van der Waals surface area contributed by atoms with Crippen LogP contribution in [0.5, 0.6) is 0 Å². The maximum Gasteiger partial charge on any atom is 0.329 e. The fourth-order valence-electron chi connectivity index (χ4n) is 2.61. The molecule has 1 saturated heterocycles. The summed E-state index contributed by atoms with van der Waals surface area (Å²) >= 11 is 0. The molecule has 0 radical (unpaired) electrons. The molecule has 1 aromatic rings. The summed E-state index contributed by atoms with van der Waals surface area (Å²) in [4.78, 5) is 24.2. The largest absolute Gasteiger partial charge is 0.462 e. The van der Waals surface area contributed by atoms with E-state index in [9.17, 15) is 9.59 Å². The molecule has 31 heavy (non-hydrogen) atoms. The molecule has 0 unspecified atom stereocenters. The quantitative estimate of drug-likeness (QED) is 0.324. The monoisotopic (exact) mass is 431 g/mol. The summed E-state index contributed by atoms with van der Waals surface area (Å²) in [5.74, 6) is -0.566. The Morgan fingerprint density at radius 1 is 1.26 bits per heavy atom. The molecule has 1 amide bonds. The Bertz CT molecular complexity index is 835. The second kappa shape index (κ2) is 11.6. The zero-order valence-corrected chi connectivity index (χ0v) is 17.2. The van der Waals surface area contributed by atoms with Crippen LogP contribution in [0.25, 0.3) is 0 Å². The van der Waals surface area contributed by atoms with Crippen molar-refractivity contribution in [2.24, 2.45) is 15.4 Å². The molecule has 2 aliphatic heterocycles. The van der Waals surface area contributed by atoms with Gasteiger partial charge in [0, 0.05) is 12.7 Å². The molecule has 0 aliphatic carbocycles. The van der Waals surface area contributed by atoms with Crippen molar-refractivity contribution >= 4 is 18.1 Å². The lowest BCUT2D eigenvalue weighted by atomic mass is 10.1. The second-order valence-electron chi connectivity index (χ2n) is 6.52. The molecule has 3 rings (SSSR count). The van der Waals surface area contributed by atoms with Gasteiger partial charge in [-0.25, -0.2) is 4.79 Å². The topological polar surface area (TPSA) is 129 Å². The summed E-state index contributed by atoms with van der Waals surface area (Å²) in [6.45, 7) is 3.14. The van der Waals surface area contributed by atoms with Gasteiger partial charge < -0.3 is 19.5 Å². The normalized spacial score (nSPS) is 16.1. The third-order valence-electron chi connectivity index (χ3n) is 4.20. The van der Waals surface area contributed by atoms with Crippen molar-refractivity contribution in [2.75, 3.05) is 53.2 Å². The lowest BCUT2D eigenvalue weighted by Gasteiger charge is -2.23. The van der Waals surface area contributed by atoms with E-state index in [1.54, 1.807) is 18.3 Å². The minimum atomic E-state index is -0.509. The van der Waals surface area contributed by atoms with Gasteiger partial charge in [-0.05, 0) is 17.7 Å². The molecule has 1 aromatic carbocycles. The average molecular weight is 431 g/mol. The van der Waals surface area contributed by atoms with Crippen molar-refractivity contribution in [2.45, 2.75) is 0 Å². The Morgan fingerprint density at radius 2 is 2.03 bits per heavy atom. The summed E-state index contributed by atoms with van der Waals surface area (Å²) < 4.78 is 15.1. The van der Waals surface area contributed by atoms with Crippen LogP contribution in [0.1, 0.15) is 15.9 Å². The van der Waals surface area contributed by atoms with E-state index in [4.69, 9.17) is 14.2 Å². The van der Waals surface area contributed by atoms with Gasteiger partial charge in [-0.3, -0.25) is 15.2 Å². The average Bonchev–Trinajstić information content (AvgIpc) is 2.79. The lowest BCUT2D eigenvalue weighted by molar-refractivity contribution is -0.147. The Morgan fingerprint density at radius 3 is 2.77 bits per heavy atom. The molecule has 2 aliphatic rings. The van der Waals surface area contributed by atoms with Crippen LogP contribution in [0.15, 0.2) is 51.7 Å². The van der Waals surface area contributed by atoms with Gasteiger partial charge in [-0.15, -0.1) is 5.11 Å². The number of hydrazone groups is 1. The number of morpholine rings is 1. The van der Waals surface area contributed by atoms with Crippen LogP contribution in [0.3, 0.4) is 0 Å². The minimum Gasteiger partial charge on any atom is -0.462 e. The molecule has 0 bridgehead atoms. The number of hydrazine groups is 1. The Labute approximate surface area is 179 Å². The van der Waals surface area contributed by atoms with Gasteiger partial charge in [-0.2, -0.15) is 10.2 Å². The van der Waals surface area contributed by atoms with Gasteiger partial charge in [0.05, 0.1) is 45.3 Å². The predicted octanol–water partition coefficient (Wildman–Crippen LogP) is 0.258. The maximum absolute atomic E-state index is 12.5. The fourth-order valence-corrected chi connectivity index (χ4v) is 2.61. The molecule has 0 saturated carbocycles. The molecule has 2 heterocycles. The summed E-state index contributed by atoms with van der Waals surface area (Å²) in [6.07, 6.45) is 3.09. The molecule has 2 N–H and O–H groups in total. The van der Waals surface area contributed by atoms with Gasteiger partial charge >= 0.3 is 5.97 Å². The molecular weight excluding hydrogens is 406 g/mol. The smallest absolute Gasteiger partial charge is 0.329 e. The van der Waals surface area contributed by atoms with Gasteiger partial charge in [0.15, 0.2) is 6.54 Å². The Kier molecular flexibility index (Phi) is 8.31. The molecule has 1 fully saturated rings. The highest BCUT2D eigenvalue weighted by Gasteiger charge is 2.16. The predicted molar refractivity (Wildman–Crippen MR) is 110 cm³/mol. The van der Waals surface area contributed by atoms with Crippen LogP contribution in [-0.4, -0.2) is 81.4 Å². The van der Waals surface area contributed by atoms with Gasteiger partial charge in [0.25, 0.3) is 5.91 Å². The molecule has 0 spiro atoms. The van der Waals surface area contributed by atoms with Crippen LogP contribution in [0.4, 0.5) is 0 Å². The van der Waals surface area contributed by atoms with Crippen LogP contribution < -0.4 is 10.7 Å². The number of benzene rings is 1. The van der Waals surface area contributed by atoms with E-state index in [1.807, 2.05) is 17.1 Å². The third kappa shape index (κ3) is 7.35. The van der Waals surface area contributed by atoms with Crippen molar-refractivity contribution in [3.05, 3.63) is 47.4 Å². The summed E-state index contributed by atoms with van der Waals surface area (Å²) in [6, 6.07) is 7.02. The first kappa shape index (κ1) is 22.2. The number of esters is 1. The molecular formula is C19H25N7O5. The van der Waals surface area contributed by atoms with Gasteiger partial charge in [-0.1, -0.05) is 17.4 Å². The van der Waals surface area contributed by atoms with Crippen LogP contribution in [0, 0.1) is 0 Å². The van der Waals surface area contributed by atoms with Crippen LogP contribution in [0.2, 0.25) is 0 Å². The first-order valence-corrected chi connectivity index (χ1v) is 9.72. The number of amides is 1. The van der Waals surface area contributed by atoms with E-state index in [2.05, 4.69) is 26.2 Å². The molecule has 0 atom stereocenters. The molecule has 0 aromatic heterocycles. The number of carbonyl (C=O) groups is 2. The number of rotatable bonds is 9. The first-order chi connectivity index (χ1) is 15.1. The second-order valence-corrected chi connectivity index (χ2v) is 6.52. The van der Waals surface area contributed by atoms with Crippen molar-refractivity contribution < 1.29 is 23.8 Å². The highest BCUT2D eigenvalue weighted by molar-refractivity contribution is 5.96. The van der Waals surface area contributed by atoms with Gasteiger partial charge in [0.2, 0.25) is 0 Å². The van der Waals surface area contributed by atoms with E-state index in [-0.39, 0.29) is 24.9 Å². The number of carbonyl (C=O) groups excluding carboxylic acids is 2. The highest BCUT2D eigenvalue weighted by atomic mass is 16.6. The standard InChI is InChI=1S/C19H25N7O5/c1-29-10-11-31-18(27)14-26-23-17(13-20-24-26)22-19(28)16-4-2-15(3-5-16)12-21-25-6-8-30-9-7-25/h2-5,12-13,23H,6-11,14H2,1H3,(H,22,28). The van der Waals surface area contributed by atoms with E-state index >= 15 is 0 Å². The van der Waals surface area contributed by atoms with Crippen LogP contribution >= 0.6 is 0 Å². The van der Waals surface area contributed by atoms with E-state index in [0.29, 0.717) is 25.4 Å². The summed E-state index contributed by atoms with van der Waals surface area (Å²) in [7, 11) is 1.51. The summed E-state index contributed by atoms with van der Waals surface area (Å²) in [5, 5.41) is 17.7. The van der Waals surface area contributed by atoms with Crippen molar-refractivity contribution in [1.82, 2.24) is 20.9 Å². The number of ether oxygens (including phenoxy) is 3.